The lowest BCUT2D eigenvalue weighted by atomic mass is 9.87. The van der Waals surface area contributed by atoms with E-state index in [0.717, 1.165) is 5.56 Å². The maximum absolute atomic E-state index is 10.7. The number of carbonyl (C=O) groups is 1. The van der Waals surface area contributed by atoms with E-state index >= 15 is 0 Å². The van der Waals surface area contributed by atoms with E-state index in [9.17, 15) is 4.79 Å². The maximum atomic E-state index is 10.7. The van der Waals surface area contributed by atoms with E-state index in [2.05, 4.69) is 43.1 Å². The summed E-state index contributed by atoms with van der Waals surface area (Å²) in [7, 11) is 0. The minimum absolute atomic E-state index is 0.0358. The summed E-state index contributed by atoms with van der Waals surface area (Å²) in [4.78, 5) is 12.1. The topological polar surface area (TPSA) is 68.0 Å². The van der Waals surface area contributed by atoms with Gasteiger partial charge in [0.1, 0.15) is 0 Å². The number of nitrogens with zero attached hydrogens (tertiary/aromatic N) is 3. The predicted molar refractivity (Wildman–Crippen MR) is 71.2 cm³/mol. The van der Waals surface area contributed by atoms with Crippen molar-refractivity contribution in [2.45, 2.75) is 32.7 Å². The molecule has 0 atom stereocenters. The van der Waals surface area contributed by atoms with Gasteiger partial charge >= 0.3 is 5.97 Å². The van der Waals surface area contributed by atoms with E-state index in [4.69, 9.17) is 5.11 Å². The molecule has 0 unspecified atom stereocenters. The zero-order chi connectivity index (χ0) is 14.0. The van der Waals surface area contributed by atoms with Gasteiger partial charge in [0.2, 0.25) is 0 Å². The summed E-state index contributed by atoms with van der Waals surface area (Å²) in [5.74, 6) is -1.06. The van der Waals surface area contributed by atoms with Gasteiger partial charge in [-0.3, -0.25) is 0 Å². The summed E-state index contributed by atoms with van der Waals surface area (Å²) in [6.07, 6.45) is 1.26. The van der Waals surface area contributed by atoms with Gasteiger partial charge in [0.25, 0.3) is 0 Å². The van der Waals surface area contributed by atoms with Crippen LogP contribution in [-0.2, 0) is 12.0 Å². The molecule has 2 aromatic rings. The summed E-state index contributed by atoms with van der Waals surface area (Å²) in [6, 6.07) is 8.20. The zero-order valence-corrected chi connectivity index (χ0v) is 11.3. The first kappa shape index (κ1) is 13.3. The van der Waals surface area contributed by atoms with E-state index in [1.54, 1.807) is 0 Å². The highest BCUT2D eigenvalue weighted by Gasteiger charge is 2.13. The molecule has 0 aliphatic carbocycles. The molecule has 100 valence electrons. The van der Waals surface area contributed by atoms with Gasteiger partial charge in [0, 0.05) is 0 Å². The normalized spacial score (nSPS) is 11.5. The summed E-state index contributed by atoms with van der Waals surface area (Å²) in [5, 5.41) is 16.6. The average molecular weight is 259 g/mol. The van der Waals surface area contributed by atoms with Crippen molar-refractivity contribution in [2.24, 2.45) is 0 Å². The molecule has 1 aromatic heterocycles. The van der Waals surface area contributed by atoms with Crippen LogP contribution >= 0.6 is 0 Å². The van der Waals surface area contributed by atoms with Crippen molar-refractivity contribution >= 4 is 5.97 Å². The van der Waals surface area contributed by atoms with Crippen LogP contribution in [0.4, 0.5) is 0 Å². The van der Waals surface area contributed by atoms with Crippen LogP contribution in [0.15, 0.2) is 30.5 Å². The highest BCUT2D eigenvalue weighted by atomic mass is 16.4. The van der Waals surface area contributed by atoms with Crippen molar-refractivity contribution in [2.75, 3.05) is 0 Å². The lowest BCUT2D eigenvalue weighted by molar-refractivity contribution is 0.0689. The van der Waals surface area contributed by atoms with Gasteiger partial charge in [-0.2, -0.15) is 9.90 Å². The van der Waals surface area contributed by atoms with Crippen molar-refractivity contribution in [3.05, 3.63) is 47.3 Å². The van der Waals surface area contributed by atoms with Crippen LogP contribution in [0.5, 0.6) is 0 Å². The molecular weight excluding hydrogens is 242 g/mol. The summed E-state index contributed by atoms with van der Waals surface area (Å²) in [6.45, 7) is 6.96. The number of aromatic carboxylic acids is 1. The third-order valence-corrected chi connectivity index (χ3v) is 2.90. The van der Waals surface area contributed by atoms with Crippen molar-refractivity contribution < 1.29 is 9.90 Å². The minimum Gasteiger partial charge on any atom is -0.476 e. The number of aromatic nitrogens is 3. The molecule has 0 fully saturated rings. The second kappa shape index (κ2) is 4.84. The molecule has 0 saturated heterocycles. The molecule has 0 amide bonds. The zero-order valence-electron chi connectivity index (χ0n) is 11.3. The van der Waals surface area contributed by atoms with Crippen LogP contribution in [0.1, 0.15) is 42.4 Å². The molecular formula is C14H17N3O2. The van der Waals surface area contributed by atoms with Crippen molar-refractivity contribution in [3.63, 3.8) is 0 Å². The first-order valence-electron chi connectivity index (χ1n) is 6.09. The van der Waals surface area contributed by atoms with Gasteiger partial charge in [-0.05, 0) is 16.5 Å². The molecule has 0 aliphatic heterocycles. The number of carboxylic acid groups (broad SMARTS) is 1. The quantitative estimate of drug-likeness (QED) is 0.918. The second-order valence-corrected chi connectivity index (χ2v) is 5.51. The Morgan fingerprint density at radius 2 is 1.89 bits per heavy atom. The van der Waals surface area contributed by atoms with Gasteiger partial charge in [-0.1, -0.05) is 45.0 Å². The standard InChI is InChI=1S/C14H17N3O2/c1-14(2,3)11-6-4-10(5-7-11)9-17-15-8-12(16-17)13(18)19/h4-8H,9H2,1-3H3,(H,18,19). The third kappa shape index (κ3) is 3.19. The molecule has 19 heavy (non-hydrogen) atoms. The minimum atomic E-state index is -1.06. The maximum Gasteiger partial charge on any atom is 0.358 e. The average Bonchev–Trinajstić information content (AvgIpc) is 2.77. The van der Waals surface area contributed by atoms with Crippen LogP contribution in [-0.4, -0.2) is 26.1 Å². The van der Waals surface area contributed by atoms with E-state index < -0.39 is 5.97 Å². The van der Waals surface area contributed by atoms with Gasteiger partial charge in [0.15, 0.2) is 5.69 Å². The number of hydrogen-bond donors (Lipinski definition) is 1. The number of rotatable bonds is 3. The Bertz CT molecular complexity index is 579. The lowest BCUT2D eigenvalue weighted by Crippen LogP contribution is -2.11. The Hall–Kier alpha value is -2.17. The first-order valence-corrected chi connectivity index (χ1v) is 6.09. The second-order valence-electron chi connectivity index (χ2n) is 5.51. The lowest BCUT2D eigenvalue weighted by Gasteiger charge is -2.19. The number of benzene rings is 1. The number of hydrogen-bond acceptors (Lipinski definition) is 3. The molecule has 1 aromatic carbocycles. The summed E-state index contributed by atoms with van der Waals surface area (Å²) >= 11 is 0. The molecule has 0 radical (unpaired) electrons. The van der Waals surface area contributed by atoms with Gasteiger partial charge in [0.05, 0.1) is 12.7 Å². The van der Waals surface area contributed by atoms with Crippen molar-refractivity contribution in [3.8, 4) is 0 Å². The molecule has 0 bridgehead atoms. The van der Waals surface area contributed by atoms with Crippen LogP contribution in [0.25, 0.3) is 0 Å². The predicted octanol–water partition coefficient (Wildman–Crippen LogP) is 2.32. The first-order chi connectivity index (χ1) is 8.86. The van der Waals surface area contributed by atoms with E-state index in [-0.39, 0.29) is 11.1 Å². The Balaban J connectivity index is 2.13. The molecule has 0 spiro atoms. The van der Waals surface area contributed by atoms with Gasteiger partial charge in [-0.25, -0.2) is 4.79 Å². The monoisotopic (exact) mass is 259 g/mol. The molecule has 1 heterocycles. The van der Waals surface area contributed by atoms with Crippen LogP contribution in [0.3, 0.4) is 0 Å². The SMILES string of the molecule is CC(C)(C)c1ccc(Cn2ncc(C(=O)O)n2)cc1. The van der Waals surface area contributed by atoms with E-state index in [1.165, 1.54) is 16.6 Å². The fraction of sp³-hybridized carbons (Fsp3) is 0.357. The third-order valence-electron chi connectivity index (χ3n) is 2.90. The van der Waals surface area contributed by atoms with Crippen LogP contribution in [0.2, 0.25) is 0 Å². The number of carboxylic acids is 1. The molecule has 1 N–H and O–H groups in total. The van der Waals surface area contributed by atoms with E-state index in [1.807, 2.05) is 12.1 Å². The highest BCUT2D eigenvalue weighted by Crippen LogP contribution is 2.22. The molecule has 5 nitrogen and oxygen atoms in total. The largest absolute Gasteiger partial charge is 0.476 e. The molecule has 0 aliphatic rings. The smallest absolute Gasteiger partial charge is 0.358 e. The van der Waals surface area contributed by atoms with Gasteiger partial charge < -0.3 is 5.11 Å². The van der Waals surface area contributed by atoms with Crippen LogP contribution < -0.4 is 0 Å². The molecule has 0 saturated carbocycles. The van der Waals surface area contributed by atoms with Crippen LogP contribution in [0, 0.1) is 0 Å². The summed E-state index contributed by atoms with van der Waals surface area (Å²) in [5.41, 5.74) is 2.39. The van der Waals surface area contributed by atoms with E-state index in [0.29, 0.717) is 6.54 Å². The Morgan fingerprint density at radius 3 is 2.37 bits per heavy atom. The fourth-order valence-corrected chi connectivity index (χ4v) is 1.74. The Kier molecular flexibility index (Phi) is 3.38. The van der Waals surface area contributed by atoms with Gasteiger partial charge in [-0.15, -0.1) is 5.10 Å². The highest BCUT2D eigenvalue weighted by molar-refractivity contribution is 5.84. The Morgan fingerprint density at radius 1 is 1.26 bits per heavy atom. The van der Waals surface area contributed by atoms with Crippen molar-refractivity contribution in [1.29, 1.82) is 0 Å². The molecule has 2 rings (SSSR count). The Labute approximate surface area is 111 Å². The van der Waals surface area contributed by atoms with Crippen molar-refractivity contribution in [1.82, 2.24) is 15.0 Å². The summed E-state index contributed by atoms with van der Waals surface area (Å²) < 4.78 is 0. The fourth-order valence-electron chi connectivity index (χ4n) is 1.74. The molecule has 5 heteroatoms.